The van der Waals surface area contributed by atoms with Crippen LogP contribution in [0.4, 0.5) is 10.8 Å². The zero-order valence-corrected chi connectivity index (χ0v) is 18.5. The predicted octanol–water partition coefficient (Wildman–Crippen LogP) is 5.27. The second-order valence-corrected chi connectivity index (χ2v) is 9.20. The number of hydrogen-bond donors (Lipinski definition) is 3. The van der Waals surface area contributed by atoms with Gasteiger partial charge in [0.25, 0.3) is 11.8 Å². The summed E-state index contributed by atoms with van der Waals surface area (Å²) >= 11 is 1.09. The van der Waals surface area contributed by atoms with E-state index in [1.165, 1.54) is 6.20 Å². The standard InChI is InChI=1S/C23H25N3O3S/c1-13-6-11-17(27)14(2)19(13)25-21(29)18-12-24-22(30-18)26-20(28)15-7-9-16(10-8-15)23(3,4)5/h6-12,27H,1-5H3,(H,25,29)(H,24,26,28). The van der Waals surface area contributed by atoms with Gasteiger partial charge >= 0.3 is 0 Å². The molecule has 0 saturated heterocycles. The first-order valence-corrected chi connectivity index (χ1v) is 10.4. The van der Waals surface area contributed by atoms with E-state index < -0.39 is 0 Å². The highest BCUT2D eigenvalue weighted by Crippen LogP contribution is 2.29. The molecule has 0 radical (unpaired) electrons. The summed E-state index contributed by atoms with van der Waals surface area (Å²) in [6.45, 7) is 9.94. The summed E-state index contributed by atoms with van der Waals surface area (Å²) in [6, 6.07) is 10.8. The third-order valence-electron chi connectivity index (χ3n) is 4.85. The molecule has 0 bridgehead atoms. The summed E-state index contributed by atoms with van der Waals surface area (Å²) in [6.07, 6.45) is 1.42. The SMILES string of the molecule is Cc1ccc(O)c(C)c1NC(=O)c1cnc(NC(=O)c2ccc(C(C)(C)C)cc2)s1. The lowest BCUT2D eigenvalue weighted by Crippen LogP contribution is -2.14. The Bertz CT molecular complexity index is 1100. The van der Waals surface area contributed by atoms with E-state index in [0.29, 0.717) is 26.8 Å². The number of aryl methyl sites for hydroxylation is 1. The molecular formula is C23H25N3O3S. The molecule has 6 nitrogen and oxygen atoms in total. The Morgan fingerprint density at radius 1 is 0.967 bits per heavy atom. The lowest BCUT2D eigenvalue weighted by molar-refractivity contribution is 0.102. The fourth-order valence-electron chi connectivity index (χ4n) is 2.93. The molecule has 2 amide bonds. The average molecular weight is 424 g/mol. The number of aromatic hydroxyl groups is 1. The minimum atomic E-state index is -0.348. The molecule has 7 heteroatoms. The molecule has 0 saturated carbocycles. The van der Waals surface area contributed by atoms with Crippen LogP contribution in [0.3, 0.4) is 0 Å². The van der Waals surface area contributed by atoms with Crippen molar-refractivity contribution < 1.29 is 14.7 Å². The van der Waals surface area contributed by atoms with Gasteiger partial charge in [0, 0.05) is 11.1 Å². The van der Waals surface area contributed by atoms with Crippen molar-refractivity contribution in [3.8, 4) is 5.75 Å². The summed E-state index contributed by atoms with van der Waals surface area (Å²) in [4.78, 5) is 29.6. The van der Waals surface area contributed by atoms with Gasteiger partial charge in [-0.1, -0.05) is 50.3 Å². The maximum Gasteiger partial charge on any atom is 0.267 e. The van der Waals surface area contributed by atoms with Gasteiger partial charge in [-0.2, -0.15) is 0 Å². The number of aromatic nitrogens is 1. The van der Waals surface area contributed by atoms with Gasteiger partial charge in [-0.3, -0.25) is 14.9 Å². The van der Waals surface area contributed by atoms with Gasteiger partial charge in [0.1, 0.15) is 10.6 Å². The molecule has 0 aliphatic carbocycles. The van der Waals surface area contributed by atoms with Crippen molar-refractivity contribution in [2.45, 2.75) is 40.0 Å². The maximum absolute atomic E-state index is 12.6. The molecule has 0 aliphatic rings. The van der Waals surface area contributed by atoms with Gasteiger partial charge in [0.15, 0.2) is 5.13 Å². The van der Waals surface area contributed by atoms with Crippen molar-refractivity contribution in [1.29, 1.82) is 0 Å². The number of phenolic OH excluding ortho intramolecular Hbond substituents is 1. The summed E-state index contributed by atoms with van der Waals surface area (Å²) in [5, 5.41) is 15.8. The number of nitrogens with one attached hydrogen (secondary N) is 2. The fraction of sp³-hybridized carbons (Fsp3) is 0.261. The number of amides is 2. The second kappa shape index (κ2) is 8.28. The highest BCUT2D eigenvalue weighted by atomic mass is 32.1. The van der Waals surface area contributed by atoms with Gasteiger partial charge in [-0.05, 0) is 48.6 Å². The summed E-state index contributed by atoms with van der Waals surface area (Å²) in [5.74, 6) is -0.513. The first-order valence-electron chi connectivity index (χ1n) is 9.54. The third kappa shape index (κ3) is 4.68. The molecule has 0 atom stereocenters. The van der Waals surface area contributed by atoms with E-state index in [4.69, 9.17) is 0 Å². The van der Waals surface area contributed by atoms with Crippen molar-refractivity contribution >= 4 is 34.0 Å². The number of phenols is 1. The summed E-state index contributed by atoms with van der Waals surface area (Å²) in [5.41, 5.74) is 3.69. The molecule has 0 spiro atoms. The molecule has 1 heterocycles. The van der Waals surface area contributed by atoms with Crippen LogP contribution >= 0.6 is 11.3 Å². The number of anilines is 2. The number of nitrogens with zero attached hydrogens (tertiary/aromatic N) is 1. The monoisotopic (exact) mass is 423 g/mol. The molecule has 2 aromatic carbocycles. The molecule has 3 aromatic rings. The van der Waals surface area contributed by atoms with Crippen LogP contribution < -0.4 is 10.6 Å². The summed E-state index contributed by atoms with van der Waals surface area (Å²) < 4.78 is 0. The van der Waals surface area contributed by atoms with Crippen LogP contribution in [-0.2, 0) is 5.41 Å². The Morgan fingerprint density at radius 3 is 2.27 bits per heavy atom. The number of hydrogen-bond acceptors (Lipinski definition) is 5. The first-order chi connectivity index (χ1) is 14.1. The zero-order valence-electron chi connectivity index (χ0n) is 17.7. The lowest BCUT2D eigenvalue weighted by atomic mass is 9.87. The van der Waals surface area contributed by atoms with E-state index >= 15 is 0 Å². The maximum atomic E-state index is 12.6. The average Bonchev–Trinajstić information content (AvgIpc) is 3.16. The van der Waals surface area contributed by atoms with Gasteiger partial charge < -0.3 is 10.4 Å². The van der Waals surface area contributed by atoms with E-state index in [-0.39, 0.29) is 23.0 Å². The van der Waals surface area contributed by atoms with E-state index in [1.54, 1.807) is 31.2 Å². The van der Waals surface area contributed by atoms with Crippen LogP contribution in [-0.4, -0.2) is 21.9 Å². The van der Waals surface area contributed by atoms with Crippen LogP contribution in [0.1, 0.15) is 57.5 Å². The van der Waals surface area contributed by atoms with Gasteiger partial charge in [0.05, 0.1) is 11.9 Å². The van der Waals surface area contributed by atoms with Crippen LogP contribution in [0.25, 0.3) is 0 Å². The van der Waals surface area contributed by atoms with Crippen molar-refractivity contribution in [2.75, 3.05) is 10.6 Å². The number of thiazole rings is 1. The number of benzene rings is 2. The molecule has 0 aliphatic heterocycles. The Balaban J connectivity index is 1.70. The molecule has 3 rings (SSSR count). The number of carbonyl (C=O) groups is 2. The van der Waals surface area contributed by atoms with Gasteiger partial charge in [-0.15, -0.1) is 0 Å². The smallest absolute Gasteiger partial charge is 0.267 e. The quantitative estimate of drug-likeness (QED) is 0.533. The Hall–Kier alpha value is -3.19. The van der Waals surface area contributed by atoms with Crippen LogP contribution in [0.15, 0.2) is 42.6 Å². The number of rotatable bonds is 4. The topological polar surface area (TPSA) is 91.3 Å². The van der Waals surface area contributed by atoms with E-state index in [9.17, 15) is 14.7 Å². The predicted molar refractivity (Wildman–Crippen MR) is 121 cm³/mol. The van der Waals surface area contributed by atoms with Crippen LogP contribution in [0.2, 0.25) is 0 Å². The normalized spacial score (nSPS) is 11.2. The first kappa shape index (κ1) is 21.5. The molecule has 1 aromatic heterocycles. The Kier molecular flexibility index (Phi) is 5.94. The number of carbonyl (C=O) groups excluding carboxylic acids is 2. The molecule has 156 valence electrons. The largest absolute Gasteiger partial charge is 0.508 e. The van der Waals surface area contributed by atoms with Gasteiger partial charge in [-0.25, -0.2) is 4.98 Å². The van der Waals surface area contributed by atoms with Crippen molar-refractivity contribution in [3.05, 3.63) is 69.7 Å². The Labute approximate surface area is 180 Å². The van der Waals surface area contributed by atoms with Gasteiger partial charge in [0.2, 0.25) is 0 Å². The highest BCUT2D eigenvalue weighted by Gasteiger charge is 2.17. The molecular weight excluding hydrogens is 398 g/mol. The van der Waals surface area contributed by atoms with Crippen molar-refractivity contribution in [3.63, 3.8) is 0 Å². The zero-order chi connectivity index (χ0) is 22.1. The summed E-state index contributed by atoms with van der Waals surface area (Å²) in [7, 11) is 0. The molecule has 0 fully saturated rings. The van der Waals surface area contributed by atoms with Crippen molar-refractivity contribution in [1.82, 2.24) is 4.98 Å². The Morgan fingerprint density at radius 2 is 1.63 bits per heavy atom. The molecule has 3 N–H and O–H groups in total. The lowest BCUT2D eigenvalue weighted by Gasteiger charge is -2.18. The van der Waals surface area contributed by atoms with E-state index in [2.05, 4.69) is 36.4 Å². The molecule has 30 heavy (non-hydrogen) atoms. The molecule has 0 unspecified atom stereocenters. The van der Waals surface area contributed by atoms with E-state index in [0.717, 1.165) is 22.5 Å². The third-order valence-corrected chi connectivity index (χ3v) is 5.76. The fourth-order valence-corrected chi connectivity index (χ4v) is 3.64. The van der Waals surface area contributed by atoms with E-state index in [1.807, 2.05) is 19.1 Å². The minimum Gasteiger partial charge on any atom is -0.508 e. The van der Waals surface area contributed by atoms with Crippen molar-refractivity contribution in [2.24, 2.45) is 0 Å². The minimum absolute atomic E-state index is 0.0127. The highest BCUT2D eigenvalue weighted by molar-refractivity contribution is 7.17. The van der Waals surface area contributed by atoms with Crippen LogP contribution in [0.5, 0.6) is 5.75 Å². The van der Waals surface area contributed by atoms with Crippen LogP contribution in [0, 0.1) is 13.8 Å². The second-order valence-electron chi connectivity index (χ2n) is 8.17.